The van der Waals surface area contributed by atoms with Gasteiger partial charge in [-0.3, -0.25) is 9.69 Å². The van der Waals surface area contributed by atoms with Gasteiger partial charge < -0.3 is 9.84 Å². The maximum absolute atomic E-state index is 11.0. The normalized spacial score (nSPS) is 21.7. The van der Waals surface area contributed by atoms with E-state index in [-0.39, 0.29) is 5.92 Å². The topological polar surface area (TPSA) is 49.8 Å². The van der Waals surface area contributed by atoms with Crippen LogP contribution in [0.2, 0.25) is 0 Å². The molecule has 0 amide bonds. The molecule has 4 nitrogen and oxygen atoms in total. The summed E-state index contributed by atoms with van der Waals surface area (Å²) in [6.45, 7) is 9.51. The summed E-state index contributed by atoms with van der Waals surface area (Å²) < 4.78 is 5.64. The van der Waals surface area contributed by atoms with Gasteiger partial charge in [-0.25, -0.2) is 0 Å². The molecule has 18 heavy (non-hydrogen) atoms. The maximum Gasteiger partial charge on any atom is 0.307 e. The predicted molar refractivity (Wildman–Crippen MR) is 71.7 cm³/mol. The van der Waals surface area contributed by atoms with Crippen molar-refractivity contribution >= 4 is 5.97 Å². The molecule has 0 spiro atoms. The van der Waals surface area contributed by atoms with Gasteiger partial charge in [0, 0.05) is 19.7 Å². The summed E-state index contributed by atoms with van der Waals surface area (Å²) in [6, 6.07) is 0. The second-order valence-electron chi connectivity index (χ2n) is 5.82. The monoisotopic (exact) mass is 257 g/mol. The zero-order chi connectivity index (χ0) is 13.5. The van der Waals surface area contributed by atoms with Crippen LogP contribution in [0.15, 0.2) is 0 Å². The molecular formula is C14H27NO3. The molecule has 0 aromatic carbocycles. The van der Waals surface area contributed by atoms with E-state index < -0.39 is 5.97 Å². The van der Waals surface area contributed by atoms with E-state index in [1.54, 1.807) is 6.92 Å². The first-order chi connectivity index (χ1) is 8.49. The lowest BCUT2D eigenvalue weighted by molar-refractivity contribution is -0.141. The zero-order valence-electron chi connectivity index (χ0n) is 11.9. The van der Waals surface area contributed by atoms with Gasteiger partial charge in [-0.15, -0.1) is 0 Å². The third-order valence-electron chi connectivity index (χ3n) is 3.46. The van der Waals surface area contributed by atoms with Crippen molar-refractivity contribution in [3.05, 3.63) is 0 Å². The molecule has 1 heterocycles. The van der Waals surface area contributed by atoms with Crippen molar-refractivity contribution in [3.63, 3.8) is 0 Å². The summed E-state index contributed by atoms with van der Waals surface area (Å²) >= 11 is 0. The van der Waals surface area contributed by atoms with E-state index in [1.165, 1.54) is 0 Å². The first-order valence-electron chi connectivity index (χ1n) is 7.05. The zero-order valence-corrected chi connectivity index (χ0v) is 11.9. The highest BCUT2D eigenvalue weighted by Gasteiger charge is 2.22. The molecule has 1 aliphatic heterocycles. The Hall–Kier alpha value is -0.610. The lowest BCUT2D eigenvalue weighted by Crippen LogP contribution is -2.38. The lowest BCUT2D eigenvalue weighted by Gasteiger charge is -2.27. The number of hydrogen-bond acceptors (Lipinski definition) is 3. The number of rotatable bonds is 8. The number of hydrogen-bond donors (Lipinski definition) is 1. The minimum absolute atomic E-state index is 0.304. The van der Waals surface area contributed by atoms with E-state index in [9.17, 15) is 4.79 Å². The van der Waals surface area contributed by atoms with Crippen LogP contribution in [-0.2, 0) is 9.53 Å². The van der Waals surface area contributed by atoms with Gasteiger partial charge in [0.2, 0.25) is 0 Å². The van der Waals surface area contributed by atoms with Gasteiger partial charge in [0.25, 0.3) is 0 Å². The molecule has 0 bridgehead atoms. The molecule has 0 saturated carbocycles. The SMILES string of the molecule is CC(C)CCN(CC1CCCO1)CC(C)C(=O)O. The molecule has 4 heteroatoms. The molecule has 0 aromatic heterocycles. The quantitative estimate of drug-likeness (QED) is 0.724. The molecule has 1 rings (SSSR count). The molecule has 0 aliphatic carbocycles. The Bertz CT molecular complexity index is 249. The molecule has 106 valence electrons. The van der Waals surface area contributed by atoms with Crippen LogP contribution in [0.5, 0.6) is 0 Å². The number of nitrogens with zero attached hydrogens (tertiary/aromatic N) is 1. The summed E-state index contributed by atoms with van der Waals surface area (Å²) in [7, 11) is 0. The van der Waals surface area contributed by atoms with Crippen molar-refractivity contribution in [2.24, 2.45) is 11.8 Å². The summed E-state index contributed by atoms with van der Waals surface area (Å²) in [5.74, 6) is -0.368. The average molecular weight is 257 g/mol. The van der Waals surface area contributed by atoms with Crippen molar-refractivity contribution in [2.75, 3.05) is 26.2 Å². The molecule has 1 saturated heterocycles. The fourth-order valence-corrected chi connectivity index (χ4v) is 2.24. The van der Waals surface area contributed by atoms with Crippen molar-refractivity contribution in [2.45, 2.75) is 46.1 Å². The number of aliphatic carboxylic acids is 1. The minimum atomic E-state index is -0.711. The van der Waals surface area contributed by atoms with Crippen LogP contribution in [0.3, 0.4) is 0 Å². The number of carboxylic acid groups (broad SMARTS) is 1. The molecule has 1 aliphatic rings. The van der Waals surface area contributed by atoms with Crippen molar-refractivity contribution in [1.29, 1.82) is 0 Å². The van der Waals surface area contributed by atoms with E-state index in [0.29, 0.717) is 18.6 Å². The van der Waals surface area contributed by atoms with Crippen molar-refractivity contribution in [3.8, 4) is 0 Å². The third-order valence-corrected chi connectivity index (χ3v) is 3.46. The third kappa shape index (κ3) is 5.83. The highest BCUT2D eigenvalue weighted by atomic mass is 16.5. The molecule has 2 unspecified atom stereocenters. The Kier molecular flexibility index (Phi) is 6.65. The van der Waals surface area contributed by atoms with Gasteiger partial charge in [-0.05, 0) is 31.7 Å². The second-order valence-corrected chi connectivity index (χ2v) is 5.82. The molecule has 0 aromatic rings. The number of carbonyl (C=O) groups is 1. The van der Waals surface area contributed by atoms with Crippen LogP contribution in [0.4, 0.5) is 0 Å². The van der Waals surface area contributed by atoms with Gasteiger partial charge in [0.05, 0.1) is 12.0 Å². The van der Waals surface area contributed by atoms with E-state index in [4.69, 9.17) is 9.84 Å². The van der Waals surface area contributed by atoms with Gasteiger partial charge in [-0.1, -0.05) is 20.8 Å². The Labute approximate surface area is 110 Å². The number of ether oxygens (including phenoxy) is 1. The van der Waals surface area contributed by atoms with E-state index in [1.807, 2.05) is 0 Å². The molecule has 2 atom stereocenters. The van der Waals surface area contributed by atoms with Gasteiger partial charge in [0.15, 0.2) is 0 Å². The number of carboxylic acids is 1. The average Bonchev–Trinajstić information content (AvgIpc) is 2.78. The maximum atomic E-state index is 11.0. The minimum Gasteiger partial charge on any atom is -0.481 e. The molecule has 0 radical (unpaired) electrons. The second kappa shape index (κ2) is 7.74. The Balaban J connectivity index is 2.42. The fourth-order valence-electron chi connectivity index (χ4n) is 2.24. The van der Waals surface area contributed by atoms with Gasteiger partial charge in [-0.2, -0.15) is 0 Å². The summed E-state index contributed by atoms with van der Waals surface area (Å²) in [4.78, 5) is 13.2. The fraction of sp³-hybridized carbons (Fsp3) is 0.929. The van der Waals surface area contributed by atoms with Crippen LogP contribution >= 0.6 is 0 Å². The molecular weight excluding hydrogens is 230 g/mol. The standard InChI is InChI=1S/C14H27NO3/c1-11(2)6-7-15(9-12(3)14(16)17)10-13-5-4-8-18-13/h11-13H,4-10H2,1-3H3,(H,16,17). The summed E-state index contributed by atoms with van der Waals surface area (Å²) in [5, 5.41) is 9.01. The van der Waals surface area contributed by atoms with Crippen LogP contribution in [0.1, 0.15) is 40.0 Å². The summed E-state index contributed by atoms with van der Waals surface area (Å²) in [6.07, 6.45) is 3.66. The van der Waals surface area contributed by atoms with E-state index in [0.717, 1.165) is 39.0 Å². The first kappa shape index (κ1) is 15.4. The summed E-state index contributed by atoms with van der Waals surface area (Å²) in [5.41, 5.74) is 0. The smallest absolute Gasteiger partial charge is 0.307 e. The highest BCUT2D eigenvalue weighted by Crippen LogP contribution is 2.15. The molecule has 1 fully saturated rings. The highest BCUT2D eigenvalue weighted by molar-refractivity contribution is 5.69. The lowest BCUT2D eigenvalue weighted by atomic mass is 10.1. The Morgan fingerprint density at radius 1 is 1.44 bits per heavy atom. The van der Waals surface area contributed by atoms with E-state index >= 15 is 0 Å². The van der Waals surface area contributed by atoms with Gasteiger partial charge in [0.1, 0.15) is 0 Å². The van der Waals surface area contributed by atoms with Gasteiger partial charge >= 0.3 is 5.97 Å². The van der Waals surface area contributed by atoms with Crippen molar-refractivity contribution in [1.82, 2.24) is 4.90 Å². The largest absolute Gasteiger partial charge is 0.481 e. The Morgan fingerprint density at radius 3 is 2.67 bits per heavy atom. The van der Waals surface area contributed by atoms with Crippen molar-refractivity contribution < 1.29 is 14.6 Å². The molecule has 1 N–H and O–H groups in total. The Morgan fingerprint density at radius 2 is 2.17 bits per heavy atom. The van der Waals surface area contributed by atoms with Crippen LogP contribution < -0.4 is 0 Å². The van der Waals surface area contributed by atoms with E-state index in [2.05, 4.69) is 18.7 Å². The van der Waals surface area contributed by atoms with Crippen LogP contribution in [-0.4, -0.2) is 48.3 Å². The predicted octanol–water partition coefficient (Wildman–Crippen LogP) is 2.23. The van der Waals surface area contributed by atoms with Crippen LogP contribution in [0, 0.1) is 11.8 Å². The van der Waals surface area contributed by atoms with Crippen LogP contribution in [0.25, 0.3) is 0 Å². The first-order valence-corrected chi connectivity index (χ1v) is 7.05.